The van der Waals surface area contributed by atoms with Crippen LogP contribution in [-0.2, 0) is 14.8 Å². The lowest BCUT2D eigenvalue weighted by atomic mass is 10.2. The summed E-state index contributed by atoms with van der Waals surface area (Å²) in [6, 6.07) is 10.0. The first-order chi connectivity index (χ1) is 11.8. The number of nitrogens with one attached hydrogen (secondary N) is 1. The highest BCUT2D eigenvalue weighted by atomic mass is 32.2. The zero-order valence-electron chi connectivity index (χ0n) is 14.3. The number of ether oxygens (including phenoxy) is 1. The number of rotatable bonds is 7. The minimum atomic E-state index is -3.32. The van der Waals surface area contributed by atoms with Crippen LogP contribution in [0.4, 0.5) is 11.4 Å². The Balaban J connectivity index is 2.05. The Morgan fingerprint density at radius 2 is 1.96 bits per heavy atom. The number of carbonyl (C=O) groups is 1. The molecule has 1 N–H and O–H groups in total. The molecule has 1 aromatic carbocycles. The number of carbonyl (C=O) groups excluding carboxylic acids is 1. The van der Waals surface area contributed by atoms with Crippen LogP contribution in [-0.4, -0.2) is 38.7 Å². The van der Waals surface area contributed by atoms with Crippen LogP contribution in [0.3, 0.4) is 0 Å². The first-order valence-electron chi connectivity index (χ1n) is 7.72. The number of hydrogen-bond acceptors (Lipinski definition) is 5. The van der Waals surface area contributed by atoms with E-state index in [2.05, 4.69) is 10.3 Å². The SMILES string of the molecule is CC[C@@H](Oc1ccc(N(C)S(C)(=O)=O)cc1)C(=O)Nc1cccnc1. The molecule has 0 unspecified atom stereocenters. The molecule has 0 spiro atoms. The van der Waals surface area contributed by atoms with Crippen molar-refractivity contribution in [3.05, 3.63) is 48.8 Å². The van der Waals surface area contributed by atoms with E-state index in [1.165, 1.54) is 11.4 Å². The third kappa shape index (κ3) is 5.18. The van der Waals surface area contributed by atoms with E-state index in [1.807, 2.05) is 6.92 Å². The van der Waals surface area contributed by atoms with Gasteiger partial charge >= 0.3 is 0 Å². The third-order valence-corrected chi connectivity index (χ3v) is 4.77. The van der Waals surface area contributed by atoms with Crippen LogP contribution >= 0.6 is 0 Å². The van der Waals surface area contributed by atoms with Crippen molar-refractivity contribution in [1.82, 2.24) is 4.98 Å². The minimum Gasteiger partial charge on any atom is -0.481 e. The number of pyridine rings is 1. The van der Waals surface area contributed by atoms with Crippen LogP contribution in [0, 0.1) is 0 Å². The van der Waals surface area contributed by atoms with Crippen molar-refractivity contribution in [3.63, 3.8) is 0 Å². The smallest absolute Gasteiger partial charge is 0.265 e. The maximum absolute atomic E-state index is 12.3. The number of nitrogens with zero attached hydrogens (tertiary/aromatic N) is 2. The van der Waals surface area contributed by atoms with Crippen LogP contribution in [0.2, 0.25) is 0 Å². The molecule has 2 rings (SSSR count). The van der Waals surface area contributed by atoms with Crippen molar-refractivity contribution >= 4 is 27.3 Å². The summed E-state index contributed by atoms with van der Waals surface area (Å²) in [7, 11) is -1.85. The van der Waals surface area contributed by atoms with Gasteiger partial charge in [-0.05, 0) is 42.8 Å². The first-order valence-corrected chi connectivity index (χ1v) is 9.57. The van der Waals surface area contributed by atoms with Gasteiger partial charge in [0, 0.05) is 13.2 Å². The van der Waals surface area contributed by atoms with Gasteiger partial charge < -0.3 is 10.1 Å². The van der Waals surface area contributed by atoms with Gasteiger partial charge in [-0.1, -0.05) is 6.92 Å². The molecule has 8 heteroatoms. The van der Waals surface area contributed by atoms with E-state index in [9.17, 15) is 13.2 Å². The summed E-state index contributed by atoms with van der Waals surface area (Å²) in [4.78, 5) is 16.2. The maximum Gasteiger partial charge on any atom is 0.265 e. The van der Waals surface area contributed by atoms with Gasteiger partial charge in [-0.2, -0.15) is 0 Å². The number of amides is 1. The van der Waals surface area contributed by atoms with Crippen molar-refractivity contribution < 1.29 is 17.9 Å². The molecule has 1 heterocycles. The van der Waals surface area contributed by atoms with Crippen molar-refractivity contribution in [3.8, 4) is 5.75 Å². The number of hydrogen-bond donors (Lipinski definition) is 1. The zero-order chi connectivity index (χ0) is 18.4. The van der Waals surface area contributed by atoms with Crippen molar-refractivity contribution in [2.24, 2.45) is 0 Å². The Labute approximate surface area is 147 Å². The minimum absolute atomic E-state index is 0.271. The second-order valence-electron chi connectivity index (χ2n) is 5.47. The van der Waals surface area contributed by atoms with Gasteiger partial charge in [0.2, 0.25) is 10.0 Å². The van der Waals surface area contributed by atoms with E-state index in [0.29, 0.717) is 23.5 Å². The van der Waals surface area contributed by atoms with E-state index in [-0.39, 0.29) is 5.91 Å². The average Bonchev–Trinajstić information content (AvgIpc) is 2.59. The summed E-state index contributed by atoms with van der Waals surface area (Å²) in [6.07, 6.45) is 4.13. The zero-order valence-corrected chi connectivity index (χ0v) is 15.2. The van der Waals surface area contributed by atoms with Crippen molar-refractivity contribution in [2.45, 2.75) is 19.4 Å². The van der Waals surface area contributed by atoms with Gasteiger partial charge in [0.05, 0.1) is 23.8 Å². The number of benzene rings is 1. The molecule has 1 aromatic heterocycles. The lowest BCUT2D eigenvalue weighted by Crippen LogP contribution is -2.32. The van der Waals surface area contributed by atoms with Gasteiger partial charge in [0.15, 0.2) is 6.10 Å². The Morgan fingerprint density at radius 3 is 2.48 bits per heavy atom. The van der Waals surface area contributed by atoms with Crippen LogP contribution in [0.5, 0.6) is 5.75 Å². The summed E-state index contributed by atoms with van der Waals surface area (Å²) < 4.78 is 30.0. The standard InChI is InChI=1S/C17H21N3O4S/c1-4-16(17(21)19-13-6-5-11-18-12-13)24-15-9-7-14(8-10-15)20(2)25(3,22)23/h5-12,16H,4H2,1-3H3,(H,19,21)/t16-/m1/s1. The van der Waals surface area contributed by atoms with Gasteiger partial charge in [0.25, 0.3) is 5.91 Å². The highest BCUT2D eigenvalue weighted by Crippen LogP contribution is 2.21. The molecule has 0 aliphatic rings. The molecular weight excluding hydrogens is 342 g/mol. The normalized spacial score (nSPS) is 12.3. The fourth-order valence-electron chi connectivity index (χ4n) is 2.07. The first kappa shape index (κ1) is 18.7. The average molecular weight is 363 g/mol. The van der Waals surface area contributed by atoms with Gasteiger partial charge in [0.1, 0.15) is 5.75 Å². The molecule has 1 atom stereocenters. The second kappa shape index (κ2) is 7.98. The van der Waals surface area contributed by atoms with Gasteiger partial charge in [-0.15, -0.1) is 0 Å². The molecule has 0 aliphatic heterocycles. The summed E-state index contributed by atoms with van der Waals surface area (Å²) >= 11 is 0. The lowest BCUT2D eigenvalue weighted by molar-refractivity contribution is -0.122. The van der Waals surface area contributed by atoms with Crippen molar-refractivity contribution in [2.75, 3.05) is 22.9 Å². The molecule has 0 saturated carbocycles. The molecule has 2 aromatic rings. The highest BCUT2D eigenvalue weighted by Gasteiger charge is 2.19. The Bertz CT molecular complexity index is 808. The number of anilines is 2. The van der Waals surface area contributed by atoms with E-state index < -0.39 is 16.1 Å². The molecule has 0 bridgehead atoms. The molecule has 25 heavy (non-hydrogen) atoms. The molecule has 0 aliphatic carbocycles. The van der Waals surface area contributed by atoms with Crippen LogP contribution in [0.25, 0.3) is 0 Å². The number of sulfonamides is 1. The largest absolute Gasteiger partial charge is 0.481 e. The van der Waals surface area contributed by atoms with Gasteiger partial charge in [-0.3, -0.25) is 14.1 Å². The van der Waals surface area contributed by atoms with E-state index in [0.717, 1.165) is 6.26 Å². The molecule has 7 nitrogen and oxygen atoms in total. The number of aromatic nitrogens is 1. The summed E-state index contributed by atoms with van der Waals surface area (Å²) in [6.45, 7) is 1.85. The Kier molecular flexibility index (Phi) is 5.97. The molecule has 0 saturated heterocycles. The summed E-state index contributed by atoms with van der Waals surface area (Å²) in [5.74, 6) is 0.215. The van der Waals surface area contributed by atoms with E-state index in [4.69, 9.17) is 4.74 Å². The quantitative estimate of drug-likeness (QED) is 0.815. The molecule has 1 amide bonds. The molecule has 0 radical (unpaired) electrons. The molecule has 0 fully saturated rings. The predicted octanol–water partition coefficient (Wildman–Crippen LogP) is 2.27. The van der Waals surface area contributed by atoms with Crippen molar-refractivity contribution in [1.29, 1.82) is 0 Å². The topological polar surface area (TPSA) is 88.6 Å². The maximum atomic E-state index is 12.3. The molecular formula is C17H21N3O4S. The fourth-order valence-corrected chi connectivity index (χ4v) is 2.58. The Morgan fingerprint density at radius 1 is 1.28 bits per heavy atom. The summed E-state index contributed by atoms with van der Waals surface area (Å²) in [5, 5.41) is 2.75. The predicted molar refractivity (Wildman–Crippen MR) is 97.3 cm³/mol. The Hall–Kier alpha value is -2.61. The fraction of sp³-hybridized carbons (Fsp3) is 0.294. The van der Waals surface area contributed by atoms with Gasteiger partial charge in [-0.25, -0.2) is 8.42 Å². The van der Waals surface area contributed by atoms with E-state index in [1.54, 1.807) is 48.8 Å². The highest BCUT2D eigenvalue weighted by molar-refractivity contribution is 7.92. The monoisotopic (exact) mass is 363 g/mol. The van der Waals surface area contributed by atoms with E-state index >= 15 is 0 Å². The lowest BCUT2D eigenvalue weighted by Gasteiger charge is -2.19. The third-order valence-electron chi connectivity index (χ3n) is 3.57. The second-order valence-corrected chi connectivity index (χ2v) is 7.48. The van der Waals surface area contributed by atoms with Crippen LogP contribution < -0.4 is 14.4 Å². The van der Waals surface area contributed by atoms with Crippen LogP contribution in [0.1, 0.15) is 13.3 Å². The van der Waals surface area contributed by atoms with Crippen LogP contribution in [0.15, 0.2) is 48.8 Å². The molecule has 134 valence electrons. The summed E-state index contributed by atoms with van der Waals surface area (Å²) in [5.41, 5.74) is 1.11.